The lowest BCUT2D eigenvalue weighted by atomic mass is 10.0. The Balaban J connectivity index is 1.68. The highest BCUT2D eigenvalue weighted by molar-refractivity contribution is 7.90. The Morgan fingerprint density at radius 2 is 1.91 bits per heavy atom. The molecule has 0 saturated heterocycles. The minimum Gasteiger partial charge on any atom is -0.436 e. The lowest BCUT2D eigenvalue weighted by Gasteiger charge is -2.12. The van der Waals surface area contributed by atoms with Gasteiger partial charge >= 0.3 is 0 Å². The first-order valence-electron chi connectivity index (χ1n) is 9.88. The molecule has 0 amide bonds. The first-order chi connectivity index (χ1) is 16.2. The summed E-state index contributed by atoms with van der Waals surface area (Å²) in [5.74, 6) is -1.82. The maximum atomic E-state index is 14.9. The van der Waals surface area contributed by atoms with Crippen molar-refractivity contribution in [2.24, 2.45) is 0 Å². The van der Waals surface area contributed by atoms with Crippen LogP contribution in [0.25, 0.3) is 10.1 Å². The average molecular weight is 505 g/mol. The Bertz CT molecular complexity index is 1560. The van der Waals surface area contributed by atoms with E-state index in [9.17, 15) is 22.0 Å². The predicted molar refractivity (Wildman–Crippen MR) is 126 cm³/mol. The Morgan fingerprint density at radius 3 is 2.65 bits per heavy atom. The molecule has 8 nitrogen and oxygen atoms in total. The molecule has 0 radical (unpaired) electrons. The number of halogens is 2. The van der Waals surface area contributed by atoms with Crippen LogP contribution in [-0.4, -0.2) is 25.4 Å². The van der Waals surface area contributed by atoms with Crippen LogP contribution in [-0.2, 0) is 16.6 Å². The van der Waals surface area contributed by atoms with Crippen LogP contribution < -0.4 is 18.9 Å². The molecule has 34 heavy (non-hydrogen) atoms. The molecule has 4 rings (SSSR count). The average Bonchev–Trinajstić information content (AvgIpc) is 2.80. The fourth-order valence-electron chi connectivity index (χ4n) is 3.26. The zero-order chi connectivity index (χ0) is 24.5. The summed E-state index contributed by atoms with van der Waals surface area (Å²) in [4.78, 5) is 20.5. The van der Waals surface area contributed by atoms with E-state index in [1.54, 1.807) is 25.1 Å². The first-order valence-corrected chi connectivity index (χ1v) is 12.2. The topological polar surface area (TPSA) is 110 Å². The molecule has 2 N–H and O–H groups in total. The van der Waals surface area contributed by atoms with Gasteiger partial charge in [0.1, 0.15) is 5.75 Å². The van der Waals surface area contributed by atoms with Gasteiger partial charge in [-0.3, -0.25) is 9.52 Å². The molecule has 3 heterocycles. The molecule has 12 heteroatoms. The van der Waals surface area contributed by atoms with Crippen LogP contribution in [0.2, 0.25) is 0 Å². The van der Waals surface area contributed by atoms with Crippen LogP contribution in [0, 0.1) is 18.6 Å². The number of nitrogens with zero attached hydrogens (tertiary/aromatic N) is 2. The molecule has 4 aromatic rings. The number of hydrogen-bond acceptors (Lipinski definition) is 7. The van der Waals surface area contributed by atoms with E-state index < -0.39 is 27.7 Å². The number of benzene rings is 1. The van der Waals surface area contributed by atoms with E-state index in [2.05, 4.69) is 9.97 Å². The number of rotatable bonds is 7. The monoisotopic (exact) mass is 504 g/mol. The number of hydrogen-bond donors (Lipinski definition) is 2. The highest BCUT2D eigenvalue weighted by Crippen LogP contribution is 2.30. The number of aromatic nitrogens is 2. The van der Waals surface area contributed by atoms with Crippen molar-refractivity contribution >= 4 is 37.5 Å². The van der Waals surface area contributed by atoms with Gasteiger partial charge in [0.2, 0.25) is 4.74 Å². The summed E-state index contributed by atoms with van der Waals surface area (Å²) in [5.41, 5.74) is 1.12. The van der Waals surface area contributed by atoms with Gasteiger partial charge in [-0.1, -0.05) is 11.3 Å². The zero-order valence-electron chi connectivity index (χ0n) is 17.9. The third kappa shape index (κ3) is 4.88. The Labute approximate surface area is 197 Å². The second-order valence-corrected chi connectivity index (χ2v) is 9.80. The van der Waals surface area contributed by atoms with Crippen molar-refractivity contribution in [3.63, 3.8) is 0 Å². The summed E-state index contributed by atoms with van der Waals surface area (Å²) in [6, 6.07) is 9.04. The lowest BCUT2D eigenvalue weighted by molar-refractivity contribution is 0.423. The zero-order valence-corrected chi connectivity index (χ0v) is 19.6. The first kappa shape index (κ1) is 23.7. The third-order valence-electron chi connectivity index (χ3n) is 5.03. The van der Waals surface area contributed by atoms with Crippen molar-refractivity contribution in [1.29, 1.82) is 0 Å². The lowest BCUT2D eigenvalue weighted by Crippen LogP contribution is -2.27. The molecule has 0 aliphatic rings. The Hall–Kier alpha value is -3.48. The SMILES string of the molecule is CNS(=O)(=O)Nc1nccc(Cc2c(C)c3ccc(Oc4ncccc4F)cc3sc2=O)c1F. The maximum Gasteiger partial charge on any atom is 0.300 e. The fourth-order valence-corrected chi connectivity index (χ4v) is 4.81. The van der Waals surface area contributed by atoms with E-state index in [0.717, 1.165) is 16.7 Å². The van der Waals surface area contributed by atoms with Crippen molar-refractivity contribution in [3.8, 4) is 11.6 Å². The van der Waals surface area contributed by atoms with E-state index >= 15 is 0 Å². The van der Waals surface area contributed by atoms with Gasteiger partial charge in [0.05, 0.1) is 0 Å². The van der Waals surface area contributed by atoms with Crippen molar-refractivity contribution in [2.45, 2.75) is 13.3 Å². The molecule has 0 aliphatic heterocycles. The molecule has 3 aromatic heterocycles. The van der Waals surface area contributed by atoms with Crippen LogP contribution in [0.15, 0.2) is 53.6 Å². The van der Waals surface area contributed by atoms with Crippen LogP contribution >= 0.6 is 11.3 Å². The highest BCUT2D eigenvalue weighted by atomic mass is 32.2. The molecule has 0 bridgehead atoms. The van der Waals surface area contributed by atoms with Gasteiger partial charge in [0.25, 0.3) is 16.1 Å². The van der Waals surface area contributed by atoms with E-state index in [1.807, 2.05) is 9.44 Å². The molecular formula is C22H18F2N4O4S2. The van der Waals surface area contributed by atoms with E-state index in [1.165, 1.54) is 37.6 Å². The molecular weight excluding hydrogens is 486 g/mol. The third-order valence-corrected chi connectivity index (χ3v) is 7.02. The van der Waals surface area contributed by atoms with Gasteiger partial charge in [-0.25, -0.2) is 23.5 Å². The van der Waals surface area contributed by atoms with Gasteiger partial charge < -0.3 is 4.74 Å². The molecule has 0 aliphatic carbocycles. The van der Waals surface area contributed by atoms with Gasteiger partial charge in [-0.2, -0.15) is 8.42 Å². The van der Waals surface area contributed by atoms with Gasteiger partial charge in [0.15, 0.2) is 17.5 Å². The number of anilines is 1. The highest BCUT2D eigenvalue weighted by Gasteiger charge is 2.18. The summed E-state index contributed by atoms with van der Waals surface area (Å²) >= 11 is 0.945. The second-order valence-electron chi connectivity index (χ2n) is 7.16. The molecule has 176 valence electrons. The van der Waals surface area contributed by atoms with Crippen molar-refractivity contribution in [2.75, 3.05) is 11.8 Å². The molecule has 0 spiro atoms. The molecule has 0 atom stereocenters. The number of fused-ring (bicyclic) bond motifs is 1. The van der Waals surface area contributed by atoms with Crippen molar-refractivity contribution < 1.29 is 21.9 Å². The fraction of sp³-hybridized carbons (Fsp3) is 0.136. The standard InChI is InChI=1S/C22H18F2N4O4S2/c1-12-15-6-5-14(32-21-17(23)4-3-8-27-21)11-18(15)33-22(29)16(12)10-13-7-9-26-20(19(13)24)28-34(30,31)25-2/h3-9,11,25H,10H2,1-2H3,(H,26,28). The second kappa shape index (κ2) is 9.41. The molecule has 0 saturated carbocycles. The van der Waals surface area contributed by atoms with Crippen molar-refractivity contribution in [1.82, 2.24) is 14.7 Å². The summed E-state index contributed by atoms with van der Waals surface area (Å²) in [5, 5.41) is 0.749. The largest absolute Gasteiger partial charge is 0.436 e. The van der Waals surface area contributed by atoms with Gasteiger partial charge in [-0.15, -0.1) is 0 Å². The maximum absolute atomic E-state index is 14.9. The minimum atomic E-state index is -3.96. The predicted octanol–water partition coefficient (Wildman–Crippen LogP) is 3.90. The summed E-state index contributed by atoms with van der Waals surface area (Å²) in [6.45, 7) is 1.74. The summed E-state index contributed by atoms with van der Waals surface area (Å²) in [7, 11) is -2.78. The van der Waals surface area contributed by atoms with E-state index in [4.69, 9.17) is 4.74 Å². The number of ether oxygens (including phenoxy) is 1. The van der Waals surface area contributed by atoms with Gasteiger partial charge in [0, 0.05) is 36.1 Å². The molecule has 1 aromatic carbocycles. The van der Waals surface area contributed by atoms with Crippen LogP contribution in [0.3, 0.4) is 0 Å². The normalized spacial score (nSPS) is 11.5. The quantitative estimate of drug-likeness (QED) is 0.395. The minimum absolute atomic E-state index is 0.0584. The number of nitrogens with one attached hydrogen (secondary N) is 2. The number of pyridine rings is 2. The van der Waals surface area contributed by atoms with E-state index in [-0.39, 0.29) is 22.6 Å². The summed E-state index contributed by atoms with van der Waals surface area (Å²) in [6.07, 6.45) is 2.61. The van der Waals surface area contributed by atoms with Crippen LogP contribution in [0.1, 0.15) is 16.7 Å². The van der Waals surface area contributed by atoms with Crippen LogP contribution in [0.4, 0.5) is 14.6 Å². The van der Waals surface area contributed by atoms with Crippen molar-refractivity contribution in [3.05, 3.63) is 86.7 Å². The smallest absolute Gasteiger partial charge is 0.300 e. The number of aryl methyl sites for hydroxylation is 1. The van der Waals surface area contributed by atoms with Crippen LogP contribution in [0.5, 0.6) is 11.6 Å². The Morgan fingerprint density at radius 1 is 1.12 bits per heavy atom. The van der Waals surface area contributed by atoms with Gasteiger partial charge in [-0.05, 0) is 59.8 Å². The van der Waals surface area contributed by atoms with E-state index in [0.29, 0.717) is 21.6 Å². The molecule has 0 unspecified atom stereocenters. The molecule has 0 fully saturated rings. The Kier molecular flexibility index (Phi) is 6.55. The summed E-state index contributed by atoms with van der Waals surface area (Å²) < 4.78 is 62.0.